The van der Waals surface area contributed by atoms with Crippen LogP contribution in [0.1, 0.15) is 10.4 Å². The molecule has 3 rings (SSSR count). The fourth-order valence-corrected chi connectivity index (χ4v) is 4.14. The minimum absolute atomic E-state index is 0.336. The Kier molecular flexibility index (Phi) is 4.75. The van der Waals surface area contributed by atoms with Gasteiger partial charge in [-0.1, -0.05) is 22.0 Å². The molecule has 0 N–H and O–H groups in total. The van der Waals surface area contributed by atoms with Crippen LogP contribution in [0.4, 0.5) is 14.5 Å². The maximum atomic E-state index is 14.0. The van der Waals surface area contributed by atoms with Gasteiger partial charge in [-0.15, -0.1) is 0 Å². The van der Waals surface area contributed by atoms with Crippen molar-refractivity contribution >= 4 is 37.4 Å². The first kappa shape index (κ1) is 17.8. The van der Waals surface area contributed by atoms with Crippen molar-refractivity contribution in [2.75, 3.05) is 10.7 Å². The molecule has 1 amide bonds. The predicted octanol–water partition coefficient (Wildman–Crippen LogP) is 3.68. The highest BCUT2D eigenvalue weighted by molar-refractivity contribution is 9.10. The third-order valence-electron chi connectivity index (χ3n) is 3.74. The van der Waals surface area contributed by atoms with E-state index in [1.165, 1.54) is 6.08 Å². The summed E-state index contributed by atoms with van der Waals surface area (Å²) in [6.07, 6.45) is 1.34. The van der Waals surface area contributed by atoms with Crippen molar-refractivity contribution in [3.05, 3.63) is 75.6 Å². The number of benzene rings is 2. The van der Waals surface area contributed by atoms with E-state index >= 15 is 0 Å². The number of hydrogen-bond acceptors (Lipinski definition) is 3. The molecule has 0 saturated carbocycles. The number of amides is 1. The number of hydrogen-bond donors (Lipinski definition) is 0. The normalized spacial score (nSPS) is 18.3. The molecule has 1 aliphatic rings. The Morgan fingerprint density at radius 3 is 2.20 bits per heavy atom. The lowest BCUT2D eigenvalue weighted by Gasteiger charge is -2.28. The van der Waals surface area contributed by atoms with Crippen molar-refractivity contribution < 1.29 is 22.0 Å². The van der Waals surface area contributed by atoms with Crippen LogP contribution in [-0.2, 0) is 9.84 Å². The Morgan fingerprint density at radius 1 is 1.08 bits per heavy atom. The second-order valence-electron chi connectivity index (χ2n) is 5.47. The van der Waals surface area contributed by atoms with Gasteiger partial charge < -0.3 is 4.90 Å². The first-order valence-electron chi connectivity index (χ1n) is 7.22. The zero-order valence-corrected chi connectivity index (χ0v) is 15.1. The number of rotatable bonds is 3. The number of halogens is 3. The molecule has 25 heavy (non-hydrogen) atoms. The smallest absolute Gasteiger partial charge is 0.264 e. The van der Waals surface area contributed by atoms with Gasteiger partial charge in [0.15, 0.2) is 9.84 Å². The highest BCUT2D eigenvalue weighted by atomic mass is 79.9. The van der Waals surface area contributed by atoms with Gasteiger partial charge in [0.1, 0.15) is 17.2 Å². The Labute approximate surface area is 151 Å². The zero-order chi connectivity index (χ0) is 18.2. The third-order valence-corrected chi connectivity index (χ3v) is 5.65. The Bertz CT molecular complexity index is 938. The van der Waals surface area contributed by atoms with Gasteiger partial charge in [0.2, 0.25) is 0 Å². The van der Waals surface area contributed by atoms with Crippen LogP contribution >= 0.6 is 15.9 Å². The lowest BCUT2D eigenvalue weighted by Crippen LogP contribution is -2.42. The number of carbonyl (C=O) groups is 1. The average molecular weight is 428 g/mol. The maximum absolute atomic E-state index is 14.0. The monoisotopic (exact) mass is 427 g/mol. The summed E-state index contributed by atoms with van der Waals surface area (Å²) in [5, 5.41) is 1.01. The molecule has 0 unspecified atom stereocenters. The van der Waals surface area contributed by atoms with Gasteiger partial charge in [-0.05, 0) is 42.5 Å². The van der Waals surface area contributed by atoms with Crippen LogP contribution in [0.5, 0.6) is 0 Å². The molecular weight excluding hydrogens is 416 g/mol. The molecule has 4 nitrogen and oxygen atoms in total. The SMILES string of the molecule is O=C(c1c(F)cccc1F)N(c1ccc(Br)cc1)[C@@H]1C=CS(=O)(=O)C1. The Balaban J connectivity index is 2.10. The van der Waals surface area contributed by atoms with E-state index in [-0.39, 0.29) is 5.75 Å². The van der Waals surface area contributed by atoms with Gasteiger partial charge in [-0.3, -0.25) is 4.79 Å². The number of anilines is 1. The molecule has 8 heteroatoms. The lowest BCUT2D eigenvalue weighted by atomic mass is 10.1. The summed E-state index contributed by atoms with van der Waals surface area (Å²) in [5.74, 6) is -3.29. The maximum Gasteiger partial charge on any atom is 0.264 e. The number of carbonyl (C=O) groups excluding carboxylic acids is 1. The fourth-order valence-electron chi connectivity index (χ4n) is 2.60. The Morgan fingerprint density at radius 2 is 1.68 bits per heavy atom. The second kappa shape index (κ2) is 6.68. The van der Waals surface area contributed by atoms with Crippen molar-refractivity contribution in [3.8, 4) is 0 Å². The molecule has 1 atom stereocenters. The molecule has 0 radical (unpaired) electrons. The van der Waals surface area contributed by atoms with E-state index in [0.29, 0.717) is 5.69 Å². The molecule has 2 aromatic carbocycles. The summed E-state index contributed by atoms with van der Waals surface area (Å²) in [6, 6.07) is 8.72. The van der Waals surface area contributed by atoms with Crippen LogP contribution in [0.25, 0.3) is 0 Å². The van der Waals surface area contributed by atoms with Crippen LogP contribution in [-0.4, -0.2) is 26.1 Å². The van der Waals surface area contributed by atoms with Crippen molar-refractivity contribution in [3.63, 3.8) is 0 Å². The molecular formula is C17H12BrF2NO3S. The highest BCUT2D eigenvalue weighted by Gasteiger charge is 2.34. The van der Waals surface area contributed by atoms with Gasteiger partial charge >= 0.3 is 0 Å². The number of sulfone groups is 1. The minimum atomic E-state index is -3.46. The van der Waals surface area contributed by atoms with Crippen LogP contribution in [0, 0.1) is 11.6 Å². The zero-order valence-electron chi connectivity index (χ0n) is 12.7. The van der Waals surface area contributed by atoms with E-state index in [1.54, 1.807) is 24.3 Å². The van der Waals surface area contributed by atoms with Crippen LogP contribution in [0.15, 0.2) is 58.4 Å². The van der Waals surface area contributed by atoms with Gasteiger partial charge in [0, 0.05) is 15.6 Å². The molecule has 0 aromatic heterocycles. The average Bonchev–Trinajstić information content (AvgIpc) is 2.89. The minimum Gasteiger partial charge on any atom is -0.300 e. The van der Waals surface area contributed by atoms with Crippen LogP contribution in [0.3, 0.4) is 0 Å². The Hall–Kier alpha value is -2.06. The summed E-state index contributed by atoms with van der Waals surface area (Å²) < 4.78 is 52.3. The molecule has 1 aliphatic heterocycles. The van der Waals surface area contributed by atoms with Crippen LogP contribution in [0.2, 0.25) is 0 Å². The topological polar surface area (TPSA) is 54.5 Å². The standard InChI is InChI=1S/C17H12BrF2NO3S/c18-11-4-6-12(7-5-11)21(13-8-9-25(23,24)10-13)17(22)16-14(19)2-1-3-15(16)20/h1-9,13H,10H2/t13-/m1/s1. The summed E-state index contributed by atoms with van der Waals surface area (Å²) in [7, 11) is -3.46. The predicted molar refractivity (Wildman–Crippen MR) is 94.0 cm³/mol. The van der Waals surface area contributed by atoms with Crippen molar-refractivity contribution in [1.29, 1.82) is 0 Å². The van der Waals surface area contributed by atoms with Crippen molar-refractivity contribution in [1.82, 2.24) is 0 Å². The van der Waals surface area contributed by atoms with Crippen molar-refractivity contribution in [2.24, 2.45) is 0 Å². The third kappa shape index (κ3) is 3.64. The van der Waals surface area contributed by atoms with Gasteiger partial charge in [-0.2, -0.15) is 0 Å². The van der Waals surface area contributed by atoms with E-state index < -0.39 is 39.0 Å². The first-order chi connectivity index (χ1) is 11.8. The van der Waals surface area contributed by atoms with Gasteiger partial charge in [0.25, 0.3) is 5.91 Å². The van der Waals surface area contributed by atoms with E-state index in [9.17, 15) is 22.0 Å². The molecule has 0 fully saturated rings. The molecule has 0 saturated heterocycles. The van der Waals surface area contributed by atoms with E-state index in [1.807, 2.05) is 0 Å². The summed E-state index contributed by atoms with van der Waals surface area (Å²) >= 11 is 3.27. The molecule has 0 bridgehead atoms. The van der Waals surface area contributed by atoms with Gasteiger partial charge in [0.05, 0.1) is 11.8 Å². The lowest BCUT2D eigenvalue weighted by molar-refractivity contribution is 0.0975. The molecule has 0 spiro atoms. The first-order valence-corrected chi connectivity index (χ1v) is 9.73. The van der Waals surface area contributed by atoms with Crippen LogP contribution < -0.4 is 4.90 Å². The molecule has 0 aliphatic carbocycles. The summed E-state index contributed by atoms with van der Waals surface area (Å²) in [4.78, 5) is 14.0. The molecule has 130 valence electrons. The quantitative estimate of drug-likeness (QED) is 0.750. The van der Waals surface area contributed by atoms with E-state index in [0.717, 1.165) is 33.0 Å². The van der Waals surface area contributed by atoms with E-state index in [2.05, 4.69) is 15.9 Å². The molecule has 2 aromatic rings. The summed E-state index contributed by atoms with van der Waals surface area (Å²) in [6.45, 7) is 0. The number of nitrogens with zero attached hydrogens (tertiary/aromatic N) is 1. The largest absolute Gasteiger partial charge is 0.300 e. The van der Waals surface area contributed by atoms with Crippen molar-refractivity contribution in [2.45, 2.75) is 6.04 Å². The summed E-state index contributed by atoms with van der Waals surface area (Å²) in [5.41, 5.74) is -0.384. The van der Waals surface area contributed by atoms with Gasteiger partial charge in [-0.25, -0.2) is 17.2 Å². The second-order valence-corrected chi connectivity index (χ2v) is 8.32. The molecule has 1 heterocycles. The highest BCUT2D eigenvalue weighted by Crippen LogP contribution is 2.27. The van der Waals surface area contributed by atoms with E-state index in [4.69, 9.17) is 0 Å². The fraction of sp³-hybridized carbons (Fsp3) is 0.118.